The summed E-state index contributed by atoms with van der Waals surface area (Å²) in [5.41, 5.74) is 2.48. The number of hydrogen-bond donors (Lipinski definition) is 1. The molecule has 3 amide bonds. The number of amides is 3. The second-order valence-corrected chi connectivity index (χ2v) is 9.45. The van der Waals surface area contributed by atoms with Gasteiger partial charge < -0.3 is 24.6 Å². The summed E-state index contributed by atoms with van der Waals surface area (Å²) >= 11 is 16.6. The number of nitrogens with one attached hydrogen (secondary N) is 1. The molecular weight excluding hydrogens is 561 g/mol. The Labute approximate surface area is 221 Å². The highest BCUT2D eigenvalue weighted by molar-refractivity contribution is 9.10. The van der Waals surface area contributed by atoms with Gasteiger partial charge in [-0.1, -0.05) is 23.2 Å². The van der Waals surface area contributed by atoms with Crippen LogP contribution in [0.2, 0.25) is 10.0 Å². The molecule has 1 fully saturated rings. The van der Waals surface area contributed by atoms with E-state index >= 15 is 0 Å². The molecule has 0 unspecified atom stereocenters. The summed E-state index contributed by atoms with van der Waals surface area (Å²) in [6.45, 7) is 3.75. The van der Waals surface area contributed by atoms with Gasteiger partial charge in [-0.2, -0.15) is 0 Å². The molecule has 0 atom stereocenters. The normalized spacial score (nSPS) is 13.7. The first-order valence-corrected chi connectivity index (χ1v) is 12.4. The number of carbonyl (C=O) groups is 2. The van der Waals surface area contributed by atoms with Gasteiger partial charge in [0.25, 0.3) is 0 Å². The third kappa shape index (κ3) is 5.50. The Kier molecular flexibility index (Phi) is 8.05. The molecule has 4 rings (SSSR count). The van der Waals surface area contributed by atoms with E-state index in [1.165, 1.54) is 4.90 Å². The first kappa shape index (κ1) is 25.6. The maximum atomic E-state index is 12.8. The Hall–Kier alpha value is -2.53. The summed E-state index contributed by atoms with van der Waals surface area (Å²) < 4.78 is 14.0. The number of benzene rings is 1. The molecule has 0 radical (unpaired) electrons. The summed E-state index contributed by atoms with van der Waals surface area (Å²) in [4.78, 5) is 32.6. The maximum Gasteiger partial charge on any atom is 0.317 e. The lowest BCUT2D eigenvalue weighted by Gasteiger charge is -2.27. The van der Waals surface area contributed by atoms with Crippen molar-refractivity contribution in [3.05, 3.63) is 56.4 Å². The van der Waals surface area contributed by atoms with Crippen LogP contribution in [0.4, 0.5) is 10.5 Å². The van der Waals surface area contributed by atoms with E-state index in [0.717, 1.165) is 10.3 Å². The van der Waals surface area contributed by atoms with Crippen molar-refractivity contribution in [3.63, 3.8) is 0 Å². The molecule has 35 heavy (non-hydrogen) atoms. The number of fused-ring (bicyclic) bond motifs is 1. The number of aromatic nitrogens is 2. The van der Waals surface area contributed by atoms with Crippen LogP contribution >= 0.6 is 39.1 Å². The van der Waals surface area contributed by atoms with Crippen LogP contribution in [0.1, 0.15) is 11.3 Å². The number of imidazole rings is 1. The minimum atomic E-state index is -0.329. The van der Waals surface area contributed by atoms with Crippen LogP contribution in [-0.2, 0) is 16.1 Å². The molecule has 1 aromatic carbocycles. The second-order valence-electron chi connectivity index (χ2n) is 7.91. The monoisotopic (exact) mass is 583 g/mol. The lowest BCUT2D eigenvalue weighted by molar-refractivity contribution is -0.117. The zero-order valence-corrected chi connectivity index (χ0v) is 22.3. The van der Waals surface area contributed by atoms with Gasteiger partial charge in [0, 0.05) is 36.9 Å². The molecule has 2 aromatic heterocycles. The smallest absolute Gasteiger partial charge is 0.317 e. The van der Waals surface area contributed by atoms with Crippen molar-refractivity contribution >= 4 is 62.4 Å². The highest BCUT2D eigenvalue weighted by Gasteiger charge is 2.22. The minimum Gasteiger partial charge on any atom is -0.485 e. The van der Waals surface area contributed by atoms with Crippen LogP contribution in [0, 0.1) is 6.92 Å². The summed E-state index contributed by atoms with van der Waals surface area (Å²) in [5.74, 6) is 0.235. The number of pyridine rings is 1. The van der Waals surface area contributed by atoms with Crippen molar-refractivity contribution in [2.24, 2.45) is 0 Å². The Bertz CT molecular complexity index is 1260. The van der Waals surface area contributed by atoms with Crippen LogP contribution in [0.5, 0.6) is 5.75 Å². The van der Waals surface area contributed by atoms with Gasteiger partial charge >= 0.3 is 6.03 Å². The number of halogens is 3. The van der Waals surface area contributed by atoms with Crippen LogP contribution in [0.25, 0.3) is 5.65 Å². The number of anilines is 1. The van der Waals surface area contributed by atoms with E-state index in [1.54, 1.807) is 24.1 Å². The Morgan fingerprint density at radius 3 is 2.74 bits per heavy atom. The summed E-state index contributed by atoms with van der Waals surface area (Å²) in [6, 6.07) is 6.68. The zero-order chi connectivity index (χ0) is 25.1. The van der Waals surface area contributed by atoms with Crippen molar-refractivity contribution in [3.8, 4) is 5.75 Å². The van der Waals surface area contributed by atoms with E-state index in [0.29, 0.717) is 59.0 Å². The van der Waals surface area contributed by atoms with E-state index < -0.39 is 0 Å². The number of hydrogen-bond acceptors (Lipinski definition) is 5. The molecule has 12 heteroatoms. The van der Waals surface area contributed by atoms with Gasteiger partial charge in [-0.3, -0.25) is 9.20 Å². The number of nitrogens with zero attached hydrogens (tertiary/aromatic N) is 4. The number of rotatable bonds is 6. The van der Waals surface area contributed by atoms with Gasteiger partial charge in [0.05, 0.1) is 36.2 Å². The average Bonchev–Trinajstić information content (AvgIpc) is 3.16. The number of likely N-dealkylation sites (N-methyl/N-ethyl adjacent to an activating group) is 1. The molecule has 3 heterocycles. The Balaban J connectivity index is 1.46. The van der Waals surface area contributed by atoms with E-state index in [9.17, 15) is 9.59 Å². The quantitative estimate of drug-likeness (QED) is 0.467. The van der Waals surface area contributed by atoms with Gasteiger partial charge in [-0.25, -0.2) is 9.78 Å². The fourth-order valence-corrected chi connectivity index (χ4v) is 4.63. The molecule has 1 saturated heterocycles. The third-order valence-corrected chi connectivity index (χ3v) is 7.41. The standard InChI is InChI=1S/C23H24BrCl2N5O4/c1-14-21(24)31-7-3-4-18(22(31)28-14)35-13-15-16(25)5-6-17(20(15)26)29(2)19(32)12-27-23(33)30-8-10-34-11-9-30/h3-7H,8-13H2,1-2H3,(H,27,33). The summed E-state index contributed by atoms with van der Waals surface area (Å²) in [5, 5.41) is 3.35. The topological polar surface area (TPSA) is 88.4 Å². The van der Waals surface area contributed by atoms with E-state index in [1.807, 2.05) is 29.7 Å². The van der Waals surface area contributed by atoms with Gasteiger partial charge in [-0.05, 0) is 47.1 Å². The fraction of sp³-hybridized carbons (Fsp3) is 0.348. The highest BCUT2D eigenvalue weighted by atomic mass is 79.9. The first-order chi connectivity index (χ1) is 16.8. The molecule has 1 N–H and O–H groups in total. The molecule has 1 aliphatic heterocycles. The van der Waals surface area contributed by atoms with Crippen molar-refractivity contribution < 1.29 is 19.1 Å². The third-order valence-electron chi connectivity index (χ3n) is 5.68. The zero-order valence-electron chi connectivity index (χ0n) is 19.2. The van der Waals surface area contributed by atoms with E-state index in [4.69, 9.17) is 32.7 Å². The van der Waals surface area contributed by atoms with Gasteiger partial charge in [0.15, 0.2) is 11.4 Å². The molecule has 1 aliphatic rings. The van der Waals surface area contributed by atoms with Gasteiger partial charge in [0.1, 0.15) is 11.2 Å². The second kappa shape index (κ2) is 11.0. The highest BCUT2D eigenvalue weighted by Crippen LogP contribution is 2.35. The number of aryl methyl sites for hydroxylation is 1. The predicted octanol–water partition coefficient (Wildman–Crippen LogP) is 4.30. The fourth-order valence-electron chi connectivity index (χ4n) is 3.65. The van der Waals surface area contributed by atoms with Crippen LogP contribution in [-0.4, -0.2) is 66.1 Å². The van der Waals surface area contributed by atoms with E-state index in [2.05, 4.69) is 26.2 Å². The summed E-state index contributed by atoms with van der Waals surface area (Å²) in [6.07, 6.45) is 1.88. The molecule has 3 aromatic rings. The molecule has 0 aliphatic carbocycles. The minimum absolute atomic E-state index is 0.0739. The Morgan fingerprint density at radius 1 is 1.26 bits per heavy atom. The summed E-state index contributed by atoms with van der Waals surface area (Å²) in [7, 11) is 1.59. The molecular formula is C23H24BrCl2N5O4. The predicted molar refractivity (Wildman–Crippen MR) is 138 cm³/mol. The van der Waals surface area contributed by atoms with Gasteiger partial charge in [-0.15, -0.1) is 0 Å². The van der Waals surface area contributed by atoms with Crippen LogP contribution in [0.3, 0.4) is 0 Å². The number of carbonyl (C=O) groups excluding carboxylic acids is 2. The average molecular weight is 585 g/mol. The van der Waals surface area contributed by atoms with E-state index in [-0.39, 0.29) is 25.1 Å². The number of ether oxygens (including phenoxy) is 2. The van der Waals surface area contributed by atoms with Crippen molar-refractivity contribution in [2.45, 2.75) is 13.5 Å². The van der Waals surface area contributed by atoms with Crippen LogP contribution < -0.4 is 15.0 Å². The molecule has 186 valence electrons. The molecule has 0 saturated carbocycles. The number of morpholine rings is 1. The first-order valence-electron chi connectivity index (χ1n) is 10.9. The van der Waals surface area contributed by atoms with Crippen molar-refractivity contribution in [1.29, 1.82) is 0 Å². The molecule has 9 nitrogen and oxygen atoms in total. The number of urea groups is 1. The van der Waals surface area contributed by atoms with Gasteiger partial charge in [0.2, 0.25) is 5.91 Å². The molecule has 0 bridgehead atoms. The maximum absolute atomic E-state index is 12.8. The van der Waals surface area contributed by atoms with Crippen molar-refractivity contribution in [1.82, 2.24) is 19.6 Å². The Morgan fingerprint density at radius 2 is 2.00 bits per heavy atom. The molecule has 0 spiro atoms. The lowest BCUT2D eigenvalue weighted by Crippen LogP contribution is -2.48. The van der Waals surface area contributed by atoms with Crippen LogP contribution in [0.15, 0.2) is 35.1 Å². The SMILES string of the molecule is Cc1nc2c(OCc3c(Cl)ccc(N(C)C(=O)CNC(=O)N4CCOCC4)c3Cl)cccn2c1Br. The largest absolute Gasteiger partial charge is 0.485 e. The van der Waals surface area contributed by atoms with Crippen molar-refractivity contribution in [2.75, 3.05) is 44.8 Å². The lowest BCUT2D eigenvalue weighted by atomic mass is 10.2.